The zero-order chi connectivity index (χ0) is 11.6. The highest BCUT2D eigenvalue weighted by Crippen LogP contribution is 2.20. The van der Waals surface area contributed by atoms with Crippen molar-refractivity contribution < 1.29 is 0 Å². The van der Waals surface area contributed by atoms with Crippen molar-refractivity contribution in [3.8, 4) is 35.5 Å². The van der Waals surface area contributed by atoms with Crippen LogP contribution in [0.4, 0.5) is 0 Å². The molecule has 0 aromatic heterocycles. The Morgan fingerprint density at radius 2 is 1.20 bits per heavy atom. The summed E-state index contributed by atoms with van der Waals surface area (Å²) in [7, 11) is -1.59. The molecule has 0 saturated heterocycles. The van der Waals surface area contributed by atoms with Gasteiger partial charge in [-0.25, -0.2) is 0 Å². The van der Waals surface area contributed by atoms with Gasteiger partial charge in [0.1, 0.15) is 8.07 Å². The Balaban J connectivity index is 4.80. The van der Waals surface area contributed by atoms with E-state index >= 15 is 0 Å². The molecule has 0 amide bonds. The van der Waals surface area contributed by atoms with Crippen LogP contribution in [-0.4, -0.2) is 8.07 Å². The number of hydrogen-bond donors (Lipinski definition) is 0. The van der Waals surface area contributed by atoms with Crippen LogP contribution in [0.2, 0.25) is 18.1 Å². The maximum Gasteiger partial charge on any atom is 0.113 e. The molecule has 78 valence electrons. The Kier molecular flexibility index (Phi) is 7.26. The summed E-state index contributed by atoms with van der Waals surface area (Å²) in [6.07, 6.45) is 0. The smallest absolute Gasteiger partial charge is 0.107 e. The van der Waals surface area contributed by atoms with Crippen LogP contribution in [0.3, 0.4) is 0 Å². The van der Waals surface area contributed by atoms with Crippen molar-refractivity contribution in [3.63, 3.8) is 0 Å². The van der Waals surface area contributed by atoms with Crippen LogP contribution >= 0.6 is 0 Å². The molecule has 0 bridgehead atoms. The average Bonchev–Trinajstić information content (AvgIpc) is 2.29. The summed E-state index contributed by atoms with van der Waals surface area (Å²) in [5, 5.41) is 0. The lowest BCUT2D eigenvalue weighted by Crippen LogP contribution is -2.30. The van der Waals surface area contributed by atoms with E-state index in [0.29, 0.717) is 0 Å². The highest BCUT2D eigenvalue weighted by molar-refractivity contribution is 6.86. The first-order valence-electron chi connectivity index (χ1n) is 5.07. The molecule has 0 fully saturated rings. The van der Waals surface area contributed by atoms with Gasteiger partial charge in [0.15, 0.2) is 0 Å². The summed E-state index contributed by atoms with van der Waals surface area (Å²) >= 11 is 0. The van der Waals surface area contributed by atoms with Crippen molar-refractivity contribution in [2.45, 2.75) is 38.9 Å². The SMILES string of the molecule is C=C[Si](CC#CC)(CC#CC)CC#CC. The lowest BCUT2D eigenvalue weighted by molar-refractivity contribution is 1.45. The Morgan fingerprint density at radius 1 is 0.867 bits per heavy atom. The van der Waals surface area contributed by atoms with E-state index in [0.717, 1.165) is 18.1 Å². The number of rotatable bonds is 4. The molecule has 0 heterocycles. The van der Waals surface area contributed by atoms with Gasteiger partial charge in [0, 0.05) is 18.1 Å². The first-order chi connectivity index (χ1) is 7.24. The summed E-state index contributed by atoms with van der Waals surface area (Å²) in [5.41, 5.74) is 2.09. The molecule has 15 heavy (non-hydrogen) atoms. The molecule has 1 heteroatoms. The largest absolute Gasteiger partial charge is 0.113 e. The van der Waals surface area contributed by atoms with Gasteiger partial charge in [-0.3, -0.25) is 0 Å². The lowest BCUT2D eigenvalue weighted by Gasteiger charge is -2.20. The van der Waals surface area contributed by atoms with E-state index in [1.54, 1.807) is 0 Å². The first-order valence-corrected chi connectivity index (χ1v) is 7.77. The van der Waals surface area contributed by atoms with E-state index in [1.807, 2.05) is 20.8 Å². The predicted molar refractivity (Wildman–Crippen MR) is 70.7 cm³/mol. The molecule has 0 aliphatic heterocycles. The summed E-state index contributed by atoms with van der Waals surface area (Å²) in [5.74, 6) is 18.3. The van der Waals surface area contributed by atoms with Gasteiger partial charge in [-0.1, -0.05) is 5.70 Å². The Bertz CT molecular complexity index is 316. The van der Waals surface area contributed by atoms with Gasteiger partial charge >= 0.3 is 0 Å². The fourth-order valence-corrected chi connectivity index (χ4v) is 3.59. The van der Waals surface area contributed by atoms with Crippen LogP contribution in [0, 0.1) is 35.5 Å². The molecule has 0 rings (SSSR count). The quantitative estimate of drug-likeness (QED) is 0.498. The van der Waals surface area contributed by atoms with E-state index < -0.39 is 8.07 Å². The highest BCUT2D eigenvalue weighted by Gasteiger charge is 2.26. The summed E-state index contributed by atoms with van der Waals surface area (Å²) in [6, 6.07) is 2.78. The van der Waals surface area contributed by atoms with Crippen molar-refractivity contribution in [2.24, 2.45) is 0 Å². The minimum Gasteiger partial charge on any atom is -0.107 e. The third-order valence-corrected chi connectivity index (χ3v) is 5.79. The highest BCUT2D eigenvalue weighted by atomic mass is 28.3. The van der Waals surface area contributed by atoms with Gasteiger partial charge in [0.2, 0.25) is 0 Å². The van der Waals surface area contributed by atoms with Crippen LogP contribution < -0.4 is 0 Å². The summed E-state index contributed by atoms with van der Waals surface area (Å²) < 4.78 is 0. The molecule has 0 radical (unpaired) electrons. The summed E-state index contributed by atoms with van der Waals surface area (Å²) in [4.78, 5) is 0. The topological polar surface area (TPSA) is 0 Å². The van der Waals surface area contributed by atoms with Crippen molar-refractivity contribution in [3.05, 3.63) is 12.3 Å². The van der Waals surface area contributed by atoms with Gasteiger partial charge in [-0.2, -0.15) is 0 Å². The van der Waals surface area contributed by atoms with Crippen molar-refractivity contribution in [2.75, 3.05) is 0 Å². The van der Waals surface area contributed by atoms with Crippen LogP contribution in [0.1, 0.15) is 20.8 Å². The number of hydrogen-bond acceptors (Lipinski definition) is 0. The van der Waals surface area contributed by atoms with Crippen LogP contribution in [0.5, 0.6) is 0 Å². The van der Waals surface area contributed by atoms with E-state index in [4.69, 9.17) is 0 Å². The molecule has 0 saturated carbocycles. The second kappa shape index (κ2) is 7.99. The van der Waals surface area contributed by atoms with Crippen molar-refractivity contribution >= 4 is 8.07 Å². The normalized spacial score (nSPS) is 8.47. The van der Waals surface area contributed by atoms with E-state index in [9.17, 15) is 0 Å². The van der Waals surface area contributed by atoms with Crippen molar-refractivity contribution in [1.82, 2.24) is 0 Å². The second-order valence-electron chi connectivity index (χ2n) is 3.38. The van der Waals surface area contributed by atoms with Gasteiger partial charge < -0.3 is 0 Å². The molecule has 0 aliphatic carbocycles. The zero-order valence-electron chi connectivity index (χ0n) is 9.91. The van der Waals surface area contributed by atoms with Crippen LogP contribution in [0.25, 0.3) is 0 Å². The van der Waals surface area contributed by atoms with Gasteiger partial charge in [0.25, 0.3) is 0 Å². The molecule has 0 N–H and O–H groups in total. The van der Waals surface area contributed by atoms with Gasteiger partial charge in [0.05, 0.1) is 0 Å². The fraction of sp³-hybridized carbons (Fsp3) is 0.429. The van der Waals surface area contributed by atoms with E-state index in [1.165, 1.54) is 0 Å². The third kappa shape index (κ3) is 5.17. The maximum atomic E-state index is 3.95. The molecule has 0 unspecified atom stereocenters. The molecule has 0 aromatic rings. The maximum absolute atomic E-state index is 3.95. The van der Waals surface area contributed by atoms with Gasteiger partial charge in [-0.05, 0) is 20.8 Å². The Labute approximate surface area is 95.2 Å². The lowest BCUT2D eigenvalue weighted by atomic mass is 10.6. The average molecular weight is 214 g/mol. The first kappa shape index (κ1) is 13.6. The van der Waals surface area contributed by atoms with E-state index in [2.05, 4.69) is 47.8 Å². The molecule has 0 aromatic carbocycles. The molecular formula is C14H18Si. The molecule has 0 nitrogen and oxygen atoms in total. The molecular weight excluding hydrogens is 196 g/mol. The molecule has 0 aliphatic rings. The fourth-order valence-electron chi connectivity index (χ4n) is 1.20. The minimum absolute atomic E-state index is 0.927. The molecule has 0 spiro atoms. The monoisotopic (exact) mass is 214 g/mol. The zero-order valence-corrected chi connectivity index (χ0v) is 10.9. The predicted octanol–water partition coefficient (Wildman–Crippen LogP) is 3.23. The van der Waals surface area contributed by atoms with Crippen molar-refractivity contribution in [1.29, 1.82) is 0 Å². The minimum atomic E-state index is -1.59. The summed E-state index contributed by atoms with van der Waals surface area (Å²) in [6.45, 7) is 9.57. The van der Waals surface area contributed by atoms with Gasteiger partial charge in [-0.15, -0.1) is 42.1 Å². The van der Waals surface area contributed by atoms with E-state index in [-0.39, 0.29) is 0 Å². The third-order valence-electron chi connectivity index (χ3n) is 2.28. The van der Waals surface area contributed by atoms with Crippen LogP contribution in [-0.2, 0) is 0 Å². The Hall–Kier alpha value is -1.36. The Morgan fingerprint density at radius 3 is 1.40 bits per heavy atom. The van der Waals surface area contributed by atoms with Crippen LogP contribution in [0.15, 0.2) is 12.3 Å². The second-order valence-corrected chi connectivity index (χ2v) is 7.57. The standard InChI is InChI=1S/C14H18Si/c1-5-9-12-15(8-4,13-10-6-2)14-11-7-3/h8H,4,12-14H2,1-3H3. The molecule has 0 atom stereocenters.